The van der Waals surface area contributed by atoms with Gasteiger partial charge in [0.15, 0.2) is 0 Å². The Morgan fingerprint density at radius 2 is 2.12 bits per heavy atom. The standard InChI is InChI=1S/C7H15P/c1-3-4-5-6-7-8-2/h5-6,8H,3-4,7H2,1-2H3/b6-5+. The van der Waals surface area contributed by atoms with Crippen LogP contribution in [0, 0.1) is 0 Å². The number of hydrogen-bond acceptors (Lipinski definition) is 0. The molecule has 0 saturated carbocycles. The SMILES string of the molecule is CCC/C=C/CPC. The van der Waals surface area contributed by atoms with E-state index in [1.807, 2.05) is 0 Å². The van der Waals surface area contributed by atoms with Gasteiger partial charge in [0.05, 0.1) is 0 Å². The monoisotopic (exact) mass is 130 g/mol. The fraction of sp³-hybridized carbons (Fsp3) is 0.714. The van der Waals surface area contributed by atoms with Crippen LogP contribution in [0.4, 0.5) is 0 Å². The number of rotatable bonds is 4. The average Bonchev–Trinajstić information content (AvgIpc) is 1.81. The summed E-state index contributed by atoms with van der Waals surface area (Å²) in [5.74, 6) is 0. The van der Waals surface area contributed by atoms with Crippen LogP contribution in [0.5, 0.6) is 0 Å². The van der Waals surface area contributed by atoms with Gasteiger partial charge in [0.25, 0.3) is 0 Å². The topological polar surface area (TPSA) is 0 Å². The zero-order chi connectivity index (χ0) is 6.24. The molecule has 48 valence electrons. The second-order valence-electron chi connectivity index (χ2n) is 1.82. The molecule has 0 radical (unpaired) electrons. The van der Waals surface area contributed by atoms with Crippen LogP contribution in [0.3, 0.4) is 0 Å². The van der Waals surface area contributed by atoms with E-state index in [2.05, 4.69) is 25.7 Å². The molecular weight excluding hydrogens is 115 g/mol. The van der Waals surface area contributed by atoms with E-state index >= 15 is 0 Å². The van der Waals surface area contributed by atoms with Crippen LogP contribution < -0.4 is 0 Å². The second kappa shape index (κ2) is 7.17. The summed E-state index contributed by atoms with van der Waals surface area (Å²) in [5.41, 5.74) is 0. The minimum absolute atomic E-state index is 1.08. The lowest BCUT2D eigenvalue weighted by Crippen LogP contribution is -1.64. The molecule has 0 bridgehead atoms. The molecule has 0 spiro atoms. The van der Waals surface area contributed by atoms with Gasteiger partial charge in [-0.1, -0.05) is 25.5 Å². The van der Waals surface area contributed by atoms with Crippen molar-refractivity contribution in [3.05, 3.63) is 12.2 Å². The molecule has 0 aliphatic carbocycles. The zero-order valence-electron chi connectivity index (χ0n) is 5.78. The molecule has 1 heteroatoms. The number of hydrogen-bond donors (Lipinski definition) is 0. The zero-order valence-corrected chi connectivity index (χ0v) is 6.78. The highest BCUT2D eigenvalue weighted by atomic mass is 31.1. The van der Waals surface area contributed by atoms with Crippen LogP contribution in [0.15, 0.2) is 12.2 Å². The Bertz CT molecular complexity index is 49.4. The first kappa shape index (κ1) is 8.17. The quantitative estimate of drug-likeness (QED) is 0.405. The van der Waals surface area contributed by atoms with Crippen molar-refractivity contribution in [2.24, 2.45) is 0 Å². The predicted molar refractivity (Wildman–Crippen MR) is 43.2 cm³/mol. The molecule has 0 fully saturated rings. The smallest absolute Gasteiger partial charge is 0.0175 e. The molecule has 0 amide bonds. The molecule has 0 heterocycles. The van der Waals surface area contributed by atoms with Gasteiger partial charge in [0.1, 0.15) is 0 Å². The van der Waals surface area contributed by atoms with E-state index in [9.17, 15) is 0 Å². The van der Waals surface area contributed by atoms with E-state index in [1.54, 1.807) is 0 Å². The van der Waals surface area contributed by atoms with Crippen LogP contribution in [-0.2, 0) is 0 Å². The summed E-state index contributed by atoms with van der Waals surface area (Å²) in [7, 11) is 1.08. The van der Waals surface area contributed by atoms with Crippen molar-refractivity contribution in [1.82, 2.24) is 0 Å². The minimum Gasteiger partial charge on any atom is -0.121 e. The van der Waals surface area contributed by atoms with Crippen molar-refractivity contribution < 1.29 is 0 Å². The minimum atomic E-state index is 1.08. The van der Waals surface area contributed by atoms with Gasteiger partial charge in [-0.05, 0) is 19.2 Å². The molecule has 0 aliphatic heterocycles. The van der Waals surface area contributed by atoms with Gasteiger partial charge >= 0.3 is 0 Å². The Kier molecular flexibility index (Phi) is 7.32. The second-order valence-corrected chi connectivity index (χ2v) is 2.93. The maximum absolute atomic E-state index is 2.28. The normalized spacial score (nSPS) is 12.2. The predicted octanol–water partition coefficient (Wildman–Crippen LogP) is 2.65. The molecule has 8 heavy (non-hydrogen) atoms. The maximum Gasteiger partial charge on any atom is -0.0175 e. The van der Waals surface area contributed by atoms with Crippen molar-refractivity contribution in [3.8, 4) is 0 Å². The Balaban J connectivity index is 2.83. The molecule has 0 aliphatic rings. The lowest BCUT2D eigenvalue weighted by Gasteiger charge is -1.83. The Hall–Kier alpha value is 0.170. The average molecular weight is 130 g/mol. The molecule has 0 rings (SSSR count). The van der Waals surface area contributed by atoms with Gasteiger partial charge in [-0.25, -0.2) is 0 Å². The van der Waals surface area contributed by atoms with Crippen molar-refractivity contribution in [2.75, 3.05) is 12.8 Å². The van der Waals surface area contributed by atoms with Crippen molar-refractivity contribution in [1.29, 1.82) is 0 Å². The fourth-order valence-electron chi connectivity index (χ4n) is 0.486. The third-order valence-corrected chi connectivity index (χ3v) is 1.59. The molecule has 0 aromatic carbocycles. The van der Waals surface area contributed by atoms with E-state index < -0.39 is 0 Å². The molecule has 0 saturated heterocycles. The lowest BCUT2D eigenvalue weighted by molar-refractivity contribution is 0.957. The van der Waals surface area contributed by atoms with E-state index in [0.717, 1.165) is 8.58 Å². The van der Waals surface area contributed by atoms with Crippen LogP contribution >= 0.6 is 8.58 Å². The van der Waals surface area contributed by atoms with Gasteiger partial charge < -0.3 is 0 Å². The van der Waals surface area contributed by atoms with E-state index in [1.165, 1.54) is 19.0 Å². The van der Waals surface area contributed by atoms with Gasteiger partial charge in [-0.15, -0.1) is 8.58 Å². The summed E-state index contributed by atoms with van der Waals surface area (Å²) < 4.78 is 0. The highest BCUT2D eigenvalue weighted by molar-refractivity contribution is 7.37. The first-order valence-electron chi connectivity index (χ1n) is 3.21. The summed E-state index contributed by atoms with van der Waals surface area (Å²) in [6.07, 6.45) is 8.37. The lowest BCUT2D eigenvalue weighted by atomic mass is 10.3. The van der Waals surface area contributed by atoms with Crippen molar-refractivity contribution >= 4 is 8.58 Å². The molecule has 1 atom stereocenters. The first-order chi connectivity index (χ1) is 3.91. The van der Waals surface area contributed by atoms with E-state index in [4.69, 9.17) is 0 Å². The van der Waals surface area contributed by atoms with Crippen LogP contribution in [0.25, 0.3) is 0 Å². The van der Waals surface area contributed by atoms with Crippen LogP contribution in [-0.4, -0.2) is 12.8 Å². The summed E-state index contributed by atoms with van der Waals surface area (Å²) in [6, 6.07) is 0. The highest BCUT2D eigenvalue weighted by Gasteiger charge is 1.71. The first-order valence-corrected chi connectivity index (χ1v) is 4.92. The van der Waals surface area contributed by atoms with Gasteiger partial charge in [-0.3, -0.25) is 0 Å². The van der Waals surface area contributed by atoms with Gasteiger partial charge in [0, 0.05) is 0 Å². The molecule has 0 aromatic rings. The van der Waals surface area contributed by atoms with Crippen molar-refractivity contribution in [3.63, 3.8) is 0 Å². The largest absolute Gasteiger partial charge is 0.121 e. The Labute approximate surface area is 54.2 Å². The molecular formula is C7H15P. The van der Waals surface area contributed by atoms with Gasteiger partial charge in [-0.2, -0.15) is 0 Å². The van der Waals surface area contributed by atoms with E-state index in [0.29, 0.717) is 0 Å². The van der Waals surface area contributed by atoms with E-state index in [-0.39, 0.29) is 0 Å². The summed E-state index contributed by atoms with van der Waals surface area (Å²) in [4.78, 5) is 0. The maximum atomic E-state index is 2.28. The number of allylic oxidation sites excluding steroid dienone is 2. The fourth-order valence-corrected chi connectivity index (χ4v) is 0.888. The summed E-state index contributed by atoms with van der Waals surface area (Å²) in [5, 5.41) is 0. The highest BCUT2D eigenvalue weighted by Crippen LogP contribution is 2.01. The molecule has 1 unspecified atom stereocenters. The number of unbranched alkanes of at least 4 members (excludes halogenated alkanes) is 1. The Morgan fingerprint density at radius 1 is 1.38 bits per heavy atom. The summed E-state index contributed by atoms with van der Waals surface area (Å²) in [6.45, 7) is 4.44. The molecule has 0 aromatic heterocycles. The van der Waals surface area contributed by atoms with Gasteiger partial charge in [0.2, 0.25) is 0 Å². The summed E-state index contributed by atoms with van der Waals surface area (Å²) >= 11 is 0. The van der Waals surface area contributed by atoms with Crippen LogP contribution in [0.2, 0.25) is 0 Å². The van der Waals surface area contributed by atoms with Crippen LogP contribution in [0.1, 0.15) is 19.8 Å². The Morgan fingerprint density at radius 3 is 2.62 bits per heavy atom. The molecule has 0 N–H and O–H groups in total. The third kappa shape index (κ3) is 6.17. The third-order valence-electron chi connectivity index (χ3n) is 0.944. The van der Waals surface area contributed by atoms with Crippen molar-refractivity contribution in [2.45, 2.75) is 19.8 Å². The molecule has 0 nitrogen and oxygen atoms in total.